The third-order valence-electron chi connectivity index (χ3n) is 1.91. The van der Waals surface area contributed by atoms with E-state index in [1.807, 2.05) is 0 Å². The van der Waals surface area contributed by atoms with Gasteiger partial charge in [0.15, 0.2) is 15.7 Å². The molecule has 0 saturated carbocycles. The van der Waals surface area contributed by atoms with Crippen LogP contribution in [0.2, 0.25) is 5.02 Å². The van der Waals surface area contributed by atoms with Gasteiger partial charge in [-0.1, -0.05) is 17.7 Å². The quantitative estimate of drug-likeness (QED) is 0.857. The van der Waals surface area contributed by atoms with E-state index >= 15 is 0 Å². The Labute approximate surface area is 102 Å². The summed E-state index contributed by atoms with van der Waals surface area (Å²) in [5.41, 5.74) is -0.778. The minimum atomic E-state index is -3.96. The molecule has 0 aliphatic carbocycles. The number of hydrogen-bond acceptors (Lipinski definition) is 3. The fourth-order valence-electron chi connectivity index (χ4n) is 1.19. The highest BCUT2D eigenvalue weighted by atomic mass is 35.5. The molecule has 0 radical (unpaired) electrons. The van der Waals surface area contributed by atoms with Gasteiger partial charge in [0.1, 0.15) is 4.90 Å². The first-order chi connectivity index (χ1) is 7.79. The highest BCUT2D eigenvalue weighted by molar-refractivity contribution is 7.91. The smallest absolute Gasteiger partial charge is 0.338 e. The monoisotopic (exact) mass is 278 g/mol. The van der Waals surface area contributed by atoms with Crippen LogP contribution in [0.3, 0.4) is 0 Å². The molecule has 1 rings (SSSR count). The first kappa shape index (κ1) is 13.7. The zero-order valence-electron chi connectivity index (χ0n) is 8.48. The van der Waals surface area contributed by atoms with Gasteiger partial charge in [0.2, 0.25) is 0 Å². The highest BCUT2D eigenvalue weighted by Crippen LogP contribution is 2.24. The zero-order valence-corrected chi connectivity index (χ0v) is 10.1. The molecule has 0 saturated heterocycles. The predicted molar refractivity (Wildman–Crippen MR) is 60.6 cm³/mol. The fourth-order valence-corrected chi connectivity index (χ4v) is 2.65. The highest BCUT2D eigenvalue weighted by Gasteiger charge is 2.24. The predicted octanol–water partition coefficient (Wildman–Crippen LogP) is 2.14. The van der Waals surface area contributed by atoms with Gasteiger partial charge in [-0.2, -0.15) is 0 Å². The summed E-state index contributed by atoms with van der Waals surface area (Å²) in [4.78, 5) is 9.96. The van der Waals surface area contributed by atoms with Crippen LogP contribution in [-0.4, -0.2) is 25.2 Å². The normalized spacial score (nSPS) is 11.2. The molecule has 0 amide bonds. The van der Waals surface area contributed by atoms with E-state index in [0.29, 0.717) is 0 Å². The van der Waals surface area contributed by atoms with Gasteiger partial charge in [0.05, 0.1) is 11.3 Å². The summed E-state index contributed by atoms with van der Waals surface area (Å²) in [5.74, 6) is -3.40. The Morgan fingerprint density at radius 1 is 1.53 bits per heavy atom. The maximum atomic E-state index is 13.7. The minimum absolute atomic E-state index is 0.161. The van der Waals surface area contributed by atoms with Crippen molar-refractivity contribution in [2.75, 3.05) is 5.75 Å². The van der Waals surface area contributed by atoms with Crippen LogP contribution in [0.15, 0.2) is 29.7 Å². The molecule has 0 unspecified atom stereocenters. The lowest BCUT2D eigenvalue weighted by Crippen LogP contribution is -2.11. The molecule has 0 aromatic heterocycles. The Kier molecular flexibility index (Phi) is 3.90. The standard InChI is InChI=1S/C10H8ClFO4S/c1-2-3-17(15,16)8-5-6(11)4-7(9(8)12)10(13)14/h2,4-5H,1,3H2,(H,13,14). The SMILES string of the molecule is C=CCS(=O)(=O)c1cc(Cl)cc(C(=O)O)c1F. The maximum Gasteiger partial charge on any atom is 0.338 e. The minimum Gasteiger partial charge on any atom is -0.478 e. The van der Waals surface area contributed by atoms with Gasteiger partial charge in [0.25, 0.3) is 0 Å². The Morgan fingerprint density at radius 2 is 2.12 bits per heavy atom. The summed E-state index contributed by atoms with van der Waals surface area (Å²) in [6, 6.07) is 1.73. The van der Waals surface area contributed by atoms with Crippen LogP contribution >= 0.6 is 11.6 Å². The van der Waals surface area contributed by atoms with Gasteiger partial charge < -0.3 is 5.11 Å². The van der Waals surface area contributed by atoms with E-state index in [9.17, 15) is 17.6 Å². The van der Waals surface area contributed by atoms with E-state index in [1.165, 1.54) is 0 Å². The van der Waals surface area contributed by atoms with Crippen molar-refractivity contribution in [2.24, 2.45) is 0 Å². The lowest BCUT2D eigenvalue weighted by molar-refractivity contribution is 0.0691. The third kappa shape index (κ3) is 2.83. The molecule has 7 heteroatoms. The number of carboxylic acid groups (broad SMARTS) is 1. The summed E-state index contributed by atoms with van der Waals surface area (Å²) >= 11 is 5.55. The molecule has 0 heterocycles. The summed E-state index contributed by atoms with van der Waals surface area (Å²) in [5, 5.41) is 8.54. The van der Waals surface area contributed by atoms with Gasteiger partial charge in [-0.05, 0) is 12.1 Å². The van der Waals surface area contributed by atoms with Crippen molar-refractivity contribution in [3.05, 3.63) is 41.2 Å². The molecule has 0 aliphatic rings. The number of carbonyl (C=O) groups is 1. The van der Waals surface area contributed by atoms with Crippen LogP contribution in [0, 0.1) is 5.82 Å². The molecule has 4 nitrogen and oxygen atoms in total. The van der Waals surface area contributed by atoms with E-state index in [4.69, 9.17) is 16.7 Å². The Balaban J connectivity index is 3.55. The van der Waals surface area contributed by atoms with Crippen molar-refractivity contribution in [2.45, 2.75) is 4.90 Å². The van der Waals surface area contributed by atoms with Crippen molar-refractivity contribution >= 4 is 27.4 Å². The summed E-state index contributed by atoms with van der Waals surface area (Å²) in [6.07, 6.45) is 1.08. The van der Waals surface area contributed by atoms with Crippen molar-refractivity contribution in [1.29, 1.82) is 0 Å². The molecule has 0 spiro atoms. The average Bonchev–Trinajstić information content (AvgIpc) is 2.20. The number of benzene rings is 1. The van der Waals surface area contributed by atoms with Crippen molar-refractivity contribution < 1.29 is 22.7 Å². The second-order valence-electron chi connectivity index (χ2n) is 3.14. The van der Waals surface area contributed by atoms with E-state index in [1.54, 1.807) is 0 Å². The average molecular weight is 279 g/mol. The molecule has 0 aliphatic heterocycles. The number of aromatic carboxylic acids is 1. The van der Waals surface area contributed by atoms with Crippen LogP contribution in [0.4, 0.5) is 4.39 Å². The zero-order chi connectivity index (χ0) is 13.2. The van der Waals surface area contributed by atoms with Crippen molar-refractivity contribution in [1.82, 2.24) is 0 Å². The first-order valence-electron chi connectivity index (χ1n) is 4.35. The van der Waals surface area contributed by atoms with Crippen molar-refractivity contribution in [3.63, 3.8) is 0 Å². The number of sulfone groups is 1. The van der Waals surface area contributed by atoms with Gasteiger partial charge in [0, 0.05) is 5.02 Å². The number of carboxylic acids is 1. The van der Waals surface area contributed by atoms with E-state index in [0.717, 1.165) is 18.2 Å². The molecule has 0 fully saturated rings. The van der Waals surface area contributed by atoms with Gasteiger partial charge in [-0.25, -0.2) is 17.6 Å². The maximum absolute atomic E-state index is 13.7. The van der Waals surface area contributed by atoms with Crippen LogP contribution in [0.5, 0.6) is 0 Å². The molecule has 1 N–H and O–H groups in total. The Hall–Kier alpha value is -1.40. The van der Waals surface area contributed by atoms with Crippen LogP contribution in [0.25, 0.3) is 0 Å². The third-order valence-corrected chi connectivity index (χ3v) is 3.77. The summed E-state index contributed by atoms with van der Waals surface area (Å²) in [7, 11) is -3.96. The Morgan fingerprint density at radius 3 is 2.59 bits per heavy atom. The van der Waals surface area contributed by atoms with E-state index in [2.05, 4.69) is 6.58 Å². The second-order valence-corrected chi connectivity index (χ2v) is 5.58. The lowest BCUT2D eigenvalue weighted by atomic mass is 10.2. The second kappa shape index (κ2) is 4.85. The topological polar surface area (TPSA) is 71.4 Å². The lowest BCUT2D eigenvalue weighted by Gasteiger charge is -2.06. The van der Waals surface area contributed by atoms with Gasteiger partial charge in [-0.15, -0.1) is 6.58 Å². The van der Waals surface area contributed by atoms with E-state index in [-0.39, 0.29) is 5.02 Å². The summed E-state index contributed by atoms with van der Waals surface area (Å²) < 4.78 is 36.9. The first-order valence-corrected chi connectivity index (χ1v) is 6.38. The van der Waals surface area contributed by atoms with Crippen molar-refractivity contribution in [3.8, 4) is 0 Å². The van der Waals surface area contributed by atoms with Gasteiger partial charge in [-0.3, -0.25) is 0 Å². The molecule has 0 atom stereocenters. The van der Waals surface area contributed by atoms with Crippen LogP contribution < -0.4 is 0 Å². The van der Waals surface area contributed by atoms with Gasteiger partial charge >= 0.3 is 5.97 Å². The van der Waals surface area contributed by atoms with E-state index < -0.39 is 37.8 Å². The van der Waals surface area contributed by atoms with Crippen LogP contribution in [0.1, 0.15) is 10.4 Å². The molecular weight excluding hydrogens is 271 g/mol. The molecule has 92 valence electrons. The molecule has 17 heavy (non-hydrogen) atoms. The fraction of sp³-hybridized carbons (Fsp3) is 0.100. The number of rotatable bonds is 4. The molecular formula is C10H8ClFO4S. The number of hydrogen-bond donors (Lipinski definition) is 1. The molecule has 1 aromatic carbocycles. The molecule has 1 aromatic rings. The number of halogens is 2. The summed E-state index contributed by atoms with van der Waals surface area (Å²) in [6.45, 7) is 3.23. The van der Waals surface area contributed by atoms with Crippen LogP contribution in [-0.2, 0) is 9.84 Å². The Bertz CT molecular complexity index is 580. The largest absolute Gasteiger partial charge is 0.478 e. The molecule has 0 bridgehead atoms.